The molecule has 23 heavy (non-hydrogen) atoms. The van der Waals surface area contributed by atoms with E-state index in [2.05, 4.69) is 4.98 Å². The van der Waals surface area contributed by atoms with Crippen LogP contribution in [0, 0.1) is 0 Å². The number of rotatable bonds is 3. The predicted molar refractivity (Wildman–Crippen MR) is 88.5 cm³/mol. The molecule has 2 aromatic rings. The smallest absolute Gasteiger partial charge is 0.237 e. The number of fused-ring (bicyclic) bond motifs is 1. The van der Waals surface area contributed by atoms with Crippen LogP contribution >= 0.6 is 11.6 Å². The van der Waals surface area contributed by atoms with Crippen molar-refractivity contribution in [1.29, 1.82) is 0 Å². The maximum atomic E-state index is 13.0. The molecule has 1 atom stereocenters. The number of amides is 1. The van der Waals surface area contributed by atoms with Crippen LogP contribution in [0.1, 0.15) is 17.9 Å². The van der Waals surface area contributed by atoms with E-state index in [0.717, 1.165) is 5.56 Å². The highest BCUT2D eigenvalue weighted by Crippen LogP contribution is 2.37. The van der Waals surface area contributed by atoms with Crippen LogP contribution in [0.2, 0.25) is 5.02 Å². The first kappa shape index (κ1) is 15.6. The third-order valence-electron chi connectivity index (χ3n) is 3.95. The Morgan fingerprint density at radius 3 is 3.04 bits per heavy atom. The van der Waals surface area contributed by atoms with Crippen LogP contribution in [0.25, 0.3) is 0 Å². The number of halogens is 1. The van der Waals surface area contributed by atoms with Crippen LogP contribution in [-0.4, -0.2) is 31.7 Å². The van der Waals surface area contributed by atoms with Crippen LogP contribution in [0.15, 0.2) is 36.5 Å². The Kier molecular flexibility index (Phi) is 4.39. The summed E-state index contributed by atoms with van der Waals surface area (Å²) in [6.45, 7) is 0.503. The highest BCUT2D eigenvalue weighted by molar-refractivity contribution is 6.30. The maximum Gasteiger partial charge on any atom is 0.237 e. The second kappa shape index (κ2) is 6.46. The fourth-order valence-electron chi connectivity index (χ4n) is 2.77. The zero-order valence-electron chi connectivity index (χ0n) is 13.0. The molecule has 0 fully saturated rings. The van der Waals surface area contributed by atoms with E-state index in [1.54, 1.807) is 36.3 Å². The number of hydrogen-bond donors (Lipinski definition) is 0. The lowest BCUT2D eigenvalue weighted by Gasteiger charge is -2.29. The van der Waals surface area contributed by atoms with Crippen LogP contribution in [0.5, 0.6) is 11.6 Å². The van der Waals surface area contributed by atoms with Gasteiger partial charge in [0.25, 0.3) is 0 Å². The number of aromatic nitrogens is 1. The highest BCUT2D eigenvalue weighted by Gasteiger charge is 2.31. The molecule has 1 aromatic heterocycles. The summed E-state index contributed by atoms with van der Waals surface area (Å²) in [5, 5.41) is 0.591. The van der Waals surface area contributed by atoms with Gasteiger partial charge in [-0.3, -0.25) is 4.79 Å². The average Bonchev–Trinajstić information content (AvgIpc) is 2.59. The summed E-state index contributed by atoms with van der Waals surface area (Å²) < 4.78 is 10.9. The van der Waals surface area contributed by atoms with Crippen LogP contribution < -0.4 is 14.4 Å². The molecule has 1 aliphatic rings. The van der Waals surface area contributed by atoms with Crippen molar-refractivity contribution in [1.82, 2.24) is 4.98 Å². The Balaban J connectivity index is 1.94. The molecule has 1 aliphatic heterocycles. The summed E-state index contributed by atoms with van der Waals surface area (Å²) in [4.78, 5) is 18.7. The number of anilines is 1. The quantitative estimate of drug-likeness (QED) is 0.865. The number of carbonyl (C=O) groups is 1. The lowest BCUT2D eigenvalue weighted by molar-refractivity contribution is -0.120. The van der Waals surface area contributed by atoms with Crippen LogP contribution in [0.3, 0.4) is 0 Å². The third kappa shape index (κ3) is 2.97. The highest BCUT2D eigenvalue weighted by atomic mass is 35.5. The molecule has 0 saturated heterocycles. The minimum Gasteiger partial charge on any atom is -0.493 e. The van der Waals surface area contributed by atoms with Crippen molar-refractivity contribution in [3.05, 3.63) is 47.1 Å². The van der Waals surface area contributed by atoms with E-state index in [1.165, 1.54) is 7.11 Å². The summed E-state index contributed by atoms with van der Waals surface area (Å²) in [7, 11) is 3.26. The number of methoxy groups -OCH3 is 1. The zero-order valence-corrected chi connectivity index (χ0v) is 13.7. The van der Waals surface area contributed by atoms with Gasteiger partial charge in [-0.1, -0.05) is 11.6 Å². The molecule has 0 radical (unpaired) electrons. The Labute approximate surface area is 139 Å². The number of benzene rings is 1. The topological polar surface area (TPSA) is 51.7 Å². The Morgan fingerprint density at radius 2 is 2.26 bits per heavy atom. The molecule has 1 unspecified atom stereocenters. The van der Waals surface area contributed by atoms with E-state index in [4.69, 9.17) is 21.1 Å². The van der Waals surface area contributed by atoms with Gasteiger partial charge in [-0.2, -0.15) is 0 Å². The lowest BCUT2D eigenvalue weighted by Crippen LogP contribution is -2.34. The standard InChI is InChI=1S/C17H17ClN2O3/c1-20(14-4-3-8-19-16(14)22-2)17(21)12-7-9-23-15-6-5-11(18)10-13(12)15/h3-6,8,10,12H,7,9H2,1-2H3. The monoisotopic (exact) mass is 332 g/mol. The number of pyridine rings is 1. The molecular formula is C17H17ClN2O3. The Morgan fingerprint density at radius 1 is 1.43 bits per heavy atom. The number of carbonyl (C=O) groups excluding carboxylic acids is 1. The van der Waals surface area contributed by atoms with Gasteiger partial charge in [-0.15, -0.1) is 0 Å². The van der Waals surface area contributed by atoms with E-state index in [9.17, 15) is 4.79 Å². The predicted octanol–water partition coefficient (Wildman–Crippen LogP) is 3.27. The Hall–Kier alpha value is -2.27. The van der Waals surface area contributed by atoms with Gasteiger partial charge < -0.3 is 14.4 Å². The molecule has 2 heterocycles. The SMILES string of the molecule is COc1ncccc1N(C)C(=O)C1CCOc2ccc(Cl)cc21. The fourth-order valence-corrected chi connectivity index (χ4v) is 2.95. The second-order valence-corrected chi connectivity index (χ2v) is 5.74. The normalized spacial score (nSPS) is 16.2. The Bertz CT molecular complexity index is 736. The minimum atomic E-state index is -0.299. The molecule has 5 nitrogen and oxygen atoms in total. The second-order valence-electron chi connectivity index (χ2n) is 5.30. The molecule has 3 rings (SSSR count). The summed E-state index contributed by atoms with van der Waals surface area (Å²) in [5.41, 5.74) is 1.46. The first-order valence-electron chi connectivity index (χ1n) is 7.30. The van der Waals surface area contributed by atoms with Crippen molar-refractivity contribution in [3.8, 4) is 11.6 Å². The van der Waals surface area contributed by atoms with Gasteiger partial charge in [0, 0.05) is 23.8 Å². The number of nitrogens with zero attached hydrogens (tertiary/aromatic N) is 2. The summed E-state index contributed by atoms with van der Waals surface area (Å²) in [6, 6.07) is 8.95. The van der Waals surface area contributed by atoms with E-state index in [0.29, 0.717) is 35.4 Å². The number of ether oxygens (including phenoxy) is 2. The molecule has 1 amide bonds. The molecule has 0 saturated carbocycles. The van der Waals surface area contributed by atoms with E-state index in [-0.39, 0.29) is 11.8 Å². The van der Waals surface area contributed by atoms with Gasteiger partial charge in [0.2, 0.25) is 11.8 Å². The van der Waals surface area contributed by atoms with Crippen molar-refractivity contribution in [3.63, 3.8) is 0 Å². The lowest BCUT2D eigenvalue weighted by atomic mass is 9.91. The molecule has 0 spiro atoms. The van der Waals surface area contributed by atoms with Gasteiger partial charge in [-0.25, -0.2) is 4.98 Å². The van der Waals surface area contributed by atoms with Gasteiger partial charge in [0.05, 0.1) is 19.6 Å². The largest absolute Gasteiger partial charge is 0.493 e. The number of hydrogen-bond acceptors (Lipinski definition) is 4. The summed E-state index contributed by atoms with van der Waals surface area (Å²) in [6.07, 6.45) is 2.24. The van der Waals surface area contributed by atoms with Gasteiger partial charge in [-0.05, 0) is 36.8 Å². The molecule has 0 N–H and O–H groups in total. The molecule has 6 heteroatoms. The molecule has 0 aliphatic carbocycles. The van der Waals surface area contributed by atoms with E-state index >= 15 is 0 Å². The van der Waals surface area contributed by atoms with Crippen molar-refractivity contribution in [2.24, 2.45) is 0 Å². The zero-order chi connectivity index (χ0) is 16.4. The van der Waals surface area contributed by atoms with Crippen molar-refractivity contribution in [2.45, 2.75) is 12.3 Å². The minimum absolute atomic E-state index is 0.0388. The first-order valence-corrected chi connectivity index (χ1v) is 7.68. The first-order chi connectivity index (χ1) is 11.1. The molecule has 1 aromatic carbocycles. The van der Waals surface area contributed by atoms with Crippen molar-refractivity contribution >= 4 is 23.2 Å². The van der Waals surface area contributed by atoms with Gasteiger partial charge in [0.1, 0.15) is 11.4 Å². The summed E-state index contributed by atoms with van der Waals surface area (Å²) >= 11 is 6.08. The summed E-state index contributed by atoms with van der Waals surface area (Å²) in [5.74, 6) is 0.794. The number of likely N-dealkylation sites (N-methyl/N-ethyl adjacent to an activating group) is 1. The van der Waals surface area contributed by atoms with E-state index in [1.807, 2.05) is 12.1 Å². The van der Waals surface area contributed by atoms with Crippen LogP contribution in [0.4, 0.5) is 5.69 Å². The molecule has 120 valence electrons. The fraction of sp³-hybridized carbons (Fsp3) is 0.294. The average molecular weight is 333 g/mol. The van der Waals surface area contributed by atoms with Crippen molar-refractivity contribution in [2.75, 3.05) is 25.7 Å². The van der Waals surface area contributed by atoms with Crippen LogP contribution in [-0.2, 0) is 4.79 Å². The van der Waals surface area contributed by atoms with Gasteiger partial charge in [0.15, 0.2) is 0 Å². The van der Waals surface area contributed by atoms with E-state index < -0.39 is 0 Å². The third-order valence-corrected chi connectivity index (χ3v) is 4.18. The van der Waals surface area contributed by atoms with Crippen molar-refractivity contribution < 1.29 is 14.3 Å². The maximum absolute atomic E-state index is 13.0. The molecular weight excluding hydrogens is 316 g/mol. The van der Waals surface area contributed by atoms with Gasteiger partial charge >= 0.3 is 0 Å². The molecule has 0 bridgehead atoms.